The first-order valence-corrected chi connectivity index (χ1v) is 11.3. The van der Waals surface area contributed by atoms with Crippen LogP contribution >= 0.6 is 0 Å². The van der Waals surface area contributed by atoms with Gasteiger partial charge in [0.05, 0.1) is 22.2 Å². The largest absolute Gasteiger partial charge is 0.478 e. The fourth-order valence-electron chi connectivity index (χ4n) is 5.56. The van der Waals surface area contributed by atoms with Gasteiger partial charge in [0.25, 0.3) is 0 Å². The Bertz CT molecular complexity index is 1390. The standard InChI is InChI=1S/C27H22N2O4/c30-26(31)24-16-3-1-5-20(16)28-22-9-7-14(12-18(22)24)11-15-8-10-23-19(13-15)25(27(32)33)17-4-2-6-21(17)29-23/h7-10,12-13H,1-6,11H2,(H,30,31)(H,32,33). The van der Waals surface area contributed by atoms with Crippen LogP contribution in [0.25, 0.3) is 21.8 Å². The van der Waals surface area contributed by atoms with E-state index in [9.17, 15) is 19.8 Å². The smallest absolute Gasteiger partial charge is 0.336 e. The summed E-state index contributed by atoms with van der Waals surface area (Å²) in [4.78, 5) is 33.6. The quantitative estimate of drug-likeness (QED) is 0.477. The summed E-state index contributed by atoms with van der Waals surface area (Å²) >= 11 is 0. The molecule has 0 fully saturated rings. The third-order valence-electron chi connectivity index (χ3n) is 6.99. The summed E-state index contributed by atoms with van der Waals surface area (Å²) in [6.45, 7) is 0. The van der Waals surface area contributed by atoms with Crippen LogP contribution in [0, 0.1) is 0 Å². The van der Waals surface area contributed by atoms with Crippen LogP contribution in [0.3, 0.4) is 0 Å². The molecule has 0 radical (unpaired) electrons. The van der Waals surface area contributed by atoms with Crippen LogP contribution < -0.4 is 0 Å². The van der Waals surface area contributed by atoms with Crippen LogP contribution in [0.5, 0.6) is 0 Å². The molecule has 0 saturated heterocycles. The van der Waals surface area contributed by atoms with E-state index in [2.05, 4.69) is 0 Å². The van der Waals surface area contributed by atoms with E-state index in [1.165, 1.54) is 0 Å². The molecule has 0 spiro atoms. The predicted molar refractivity (Wildman–Crippen MR) is 124 cm³/mol. The zero-order chi connectivity index (χ0) is 22.7. The number of carbonyl (C=O) groups is 2. The number of carboxylic acid groups (broad SMARTS) is 2. The summed E-state index contributed by atoms with van der Waals surface area (Å²) in [5, 5.41) is 21.2. The van der Waals surface area contributed by atoms with Gasteiger partial charge in [-0.1, -0.05) is 12.1 Å². The molecule has 6 heteroatoms. The van der Waals surface area contributed by atoms with E-state index in [0.29, 0.717) is 39.4 Å². The second kappa shape index (κ2) is 7.37. The normalized spacial score (nSPS) is 14.5. The van der Waals surface area contributed by atoms with E-state index < -0.39 is 11.9 Å². The molecule has 0 amide bonds. The molecule has 0 atom stereocenters. The van der Waals surface area contributed by atoms with Crippen molar-refractivity contribution in [2.45, 2.75) is 44.9 Å². The number of benzene rings is 2. The first kappa shape index (κ1) is 19.9. The van der Waals surface area contributed by atoms with Crippen molar-refractivity contribution in [1.29, 1.82) is 0 Å². The maximum absolute atomic E-state index is 12.1. The van der Waals surface area contributed by atoms with Crippen LogP contribution in [0.2, 0.25) is 0 Å². The van der Waals surface area contributed by atoms with Gasteiger partial charge < -0.3 is 10.2 Å². The molecule has 2 N–H and O–H groups in total. The molecule has 0 aliphatic heterocycles. The Morgan fingerprint density at radius 2 is 1.15 bits per heavy atom. The number of aromatic carboxylic acids is 2. The molecule has 0 unspecified atom stereocenters. The van der Waals surface area contributed by atoms with Crippen LogP contribution in [0.4, 0.5) is 0 Å². The van der Waals surface area contributed by atoms with Crippen molar-refractivity contribution in [3.8, 4) is 0 Å². The number of aromatic nitrogens is 2. The van der Waals surface area contributed by atoms with Gasteiger partial charge in [-0.05, 0) is 91.5 Å². The molecule has 33 heavy (non-hydrogen) atoms. The first-order valence-electron chi connectivity index (χ1n) is 11.3. The Morgan fingerprint density at radius 1 is 0.697 bits per heavy atom. The molecule has 6 nitrogen and oxygen atoms in total. The molecule has 2 aromatic heterocycles. The molecular formula is C27H22N2O4. The van der Waals surface area contributed by atoms with E-state index in [1.54, 1.807) is 0 Å². The number of pyridine rings is 2. The maximum Gasteiger partial charge on any atom is 0.336 e. The number of hydrogen-bond acceptors (Lipinski definition) is 4. The number of nitrogens with zero attached hydrogens (tertiary/aromatic N) is 2. The zero-order valence-corrected chi connectivity index (χ0v) is 18.0. The molecule has 2 aromatic carbocycles. The first-order chi connectivity index (χ1) is 16.0. The highest BCUT2D eigenvalue weighted by molar-refractivity contribution is 6.05. The minimum atomic E-state index is -0.908. The molecule has 2 aliphatic rings. The third-order valence-corrected chi connectivity index (χ3v) is 6.99. The minimum Gasteiger partial charge on any atom is -0.478 e. The lowest BCUT2D eigenvalue weighted by Crippen LogP contribution is -2.06. The van der Waals surface area contributed by atoms with Crippen LogP contribution in [0.15, 0.2) is 36.4 Å². The Hall–Kier alpha value is -3.80. The summed E-state index contributed by atoms with van der Waals surface area (Å²) < 4.78 is 0. The fourth-order valence-corrected chi connectivity index (χ4v) is 5.56. The average molecular weight is 438 g/mol. The average Bonchev–Trinajstić information content (AvgIpc) is 3.44. The highest BCUT2D eigenvalue weighted by Gasteiger charge is 2.25. The van der Waals surface area contributed by atoms with Crippen LogP contribution in [-0.4, -0.2) is 32.1 Å². The Labute approximate surface area is 189 Å². The zero-order valence-electron chi connectivity index (χ0n) is 18.0. The summed E-state index contributed by atoms with van der Waals surface area (Å²) in [6.07, 6.45) is 5.60. The molecule has 6 rings (SSSR count). The summed E-state index contributed by atoms with van der Waals surface area (Å²) in [5.41, 5.74) is 7.65. The Balaban J connectivity index is 1.45. The van der Waals surface area contributed by atoms with E-state index in [4.69, 9.17) is 9.97 Å². The topological polar surface area (TPSA) is 100 Å². The lowest BCUT2D eigenvalue weighted by atomic mass is 9.95. The van der Waals surface area contributed by atoms with Gasteiger partial charge in [0, 0.05) is 22.2 Å². The lowest BCUT2D eigenvalue weighted by Gasteiger charge is -2.12. The van der Waals surface area contributed by atoms with Gasteiger partial charge in [0.15, 0.2) is 0 Å². The fraction of sp³-hybridized carbons (Fsp3) is 0.259. The van der Waals surface area contributed by atoms with Crippen molar-refractivity contribution >= 4 is 33.7 Å². The maximum atomic E-state index is 12.1. The lowest BCUT2D eigenvalue weighted by molar-refractivity contribution is 0.0687. The van der Waals surface area contributed by atoms with Crippen molar-refractivity contribution in [2.24, 2.45) is 0 Å². The Morgan fingerprint density at radius 3 is 1.58 bits per heavy atom. The van der Waals surface area contributed by atoms with E-state index in [0.717, 1.165) is 72.2 Å². The van der Waals surface area contributed by atoms with Crippen molar-refractivity contribution in [3.05, 3.63) is 81.2 Å². The van der Waals surface area contributed by atoms with E-state index >= 15 is 0 Å². The van der Waals surface area contributed by atoms with Gasteiger partial charge in [-0.25, -0.2) is 9.59 Å². The number of rotatable bonds is 4. The number of aryl methyl sites for hydroxylation is 2. The predicted octanol–water partition coefficient (Wildman–Crippen LogP) is 4.75. The van der Waals surface area contributed by atoms with Crippen molar-refractivity contribution in [1.82, 2.24) is 9.97 Å². The monoisotopic (exact) mass is 438 g/mol. The van der Waals surface area contributed by atoms with E-state index in [1.807, 2.05) is 36.4 Å². The van der Waals surface area contributed by atoms with Crippen LogP contribution in [-0.2, 0) is 32.1 Å². The van der Waals surface area contributed by atoms with Crippen molar-refractivity contribution in [3.63, 3.8) is 0 Å². The number of carboxylic acids is 2. The van der Waals surface area contributed by atoms with Crippen LogP contribution in [0.1, 0.15) is 67.2 Å². The summed E-state index contributed by atoms with van der Waals surface area (Å²) in [7, 11) is 0. The second-order valence-electron chi connectivity index (χ2n) is 9.02. The van der Waals surface area contributed by atoms with Gasteiger partial charge in [-0.2, -0.15) is 0 Å². The third kappa shape index (κ3) is 3.17. The molecule has 164 valence electrons. The molecule has 2 aliphatic carbocycles. The van der Waals surface area contributed by atoms with E-state index in [-0.39, 0.29) is 0 Å². The minimum absolute atomic E-state index is 0.376. The van der Waals surface area contributed by atoms with Crippen molar-refractivity contribution in [2.75, 3.05) is 0 Å². The van der Waals surface area contributed by atoms with Gasteiger partial charge in [0.2, 0.25) is 0 Å². The SMILES string of the molecule is O=C(O)c1c2c(nc3ccc(Cc4ccc5nc6c(c(C(=O)O)c5c4)CCC6)cc13)CCC2. The number of fused-ring (bicyclic) bond motifs is 4. The second-order valence-corrected chi connectivity index (χ2v) is 9.02. The summed E-state index contributed by atoms with van der Waals surface area (Å²) in [6, 6.07) is 11.6. The van der Waals surface area contributed by atoms with Gasteiger partial charge >= 0.3 is 11.9 Å². The van der Waals surface area contributed by atoms with Gasteiger partial charge in [0.1, 0.15) is 0 Å². The van der Waals surface area contributed by atoms with Gasteiger partial charge in [-0.3, -0.25) is 9.97 Å². The number of hydrogen-bond donors (Lipinski definition) is 2. The molecule has 0 saturated carbocycles. The molecule has 4 aromatic rings. The van der Waals surface area contributed by atoms with Crippen molar-refractivity contribution < 1.29 is 19.8 Å². The molecule has 0 bridgehead atoms. The highest BCUT2D eigenvalue weighted by Crippen LogP contribution is 2.33. The van der Waals surface area contributed by atoms with Gasteiger partial charge in [-0.15, -0.1) is 0 Å². The highest BCUT2D eigenvalue weighted by atomic mass is 16.4. The summed E-state index contributed by atoms with van der Waals surface area (Å²) in [5.74, 6) is -1.82. The Kier molecular flexibility index (Phi) is 4.43. The molecule has 2 heterocycles. The molecular weight excluding hydrogens is 416 g/mol.